The second kappa shape index (κ2) is 9.08. The molecule has 0 unspecified atom stereocenters. The van der Waals surface area contributed by atoms with Crippen LogP contribution in [0.2, 0.25) is 0 Å². The third kappa shape index (κ3) is 5.70. The summed E-state index contributed by atoms with van der Waals surface area (Å²) in [6.07, 6.45) is 0.826. The standard InChI is InChI=1S/C18H19BrN2O3/c1-13-6-4-7-14(12-13)24-11-5-10-17(22)20-21-18(23)15-8-2-3-9-16(15)19/h2-4,6-9,12H,5,10-11H2,1H3,(H,20,22)(H,21,23). The van der Waals surface area contributed by atoms with Crippen LogP contribution in [0.1, 0.15) is 28.8 Å². The topological polar surface area (TPSA) is 67.4 Å². The minimum absolute atomic E-state index is 0.261. The maximum Gasteiger partial charge on any atom is 0.270 e. The van der Waals surface area contributed by atoms with Crippen molar-refractivity contribution in [3.05, 3.63) is 64.1 Å². The number of halogens is 1. The number of ether oxygens (including phenoxy) is 1. The van der Waals surface area contributed by atoms with Crippen LogP contribution in [0.25, 0.3) is 0 Å². The van der Waals surface area contributed by atoms with E-state index in [9.17, 15) is 9.59 Å². The minimum atomic E-state index is -0.369. The Kier molecular flexibility index (Phi) is 6.81. The fourth-order valence-electron chi connectivity index (χ4n) is 2.03. The predicted molar refractivity (Wildman–Crippen MR) is 95.7 cm³/mol. The molecule has 5 nitrogen and oxygen atoms in total. The summed E-state index contributed by atoms with van der Waals surface area (Å²) in [6, 6.07) is 14.7. The van der Waals surface area contributed by atoms with Gasteiger partial charge in [-0.1, -0.05) is 24.3 Å². The first-order valence-electron chi connectivity index (χ1n) is 7.59. The molecule has 6 heteroatoms. The molecule has 2 aromatic carbocycles. The normalized spacial score (nSPS) is 10.1. The van der Waals surface area contributed by atoms with Gasteiger partial charge in [-0.3, -0.25) is 20.4 Å². The lowest BCUT2D eigenvalue weighted by atomic mass is 10.2. The molecule has 0 saturated heterocycles. The fraction of sp³-hybridized carbons (Fsp3) is 0.222. The molecule has 0 atom stereocenters. The van der Waals surface area contributed by atoms with Crippen molar-refractivity contribution in [1.82, 2.24) is 10.9 Å². The van der Waals surface area contributed by atoms with Gasteiger partial charge in [0.15, 0.2) is 0 Å². The van der Waals surface area contributed by atoms with Gasteiger partial charge in [0, 0.05) is 10.9 Å². The van der Waals surface area contributed by atoms with Gasteiger partial charge >= 0.3 is 0 Å². The molecule has 24 heavy (non-hydrogen) atoms. The minimum Gasteiger partial charge on any atom is -0.494 e. The summed E-state index contributed by atoms with van der Waals surface area (Å²) >= 11 is 3.29. The van der Waals surface area contributed by atoms with Crippen LogP contribution in [0, 0.1) is 6.92 Å². The summed E-state index contributed by atoms with van der Waals surface area (Å²) in [5.74, 6) is 0.160. The summed E-state index contributed by atoms with van der Waals surface area (Å²) in [5, 5.41) is 0. The summed E-state index contributed by atoms with van der Waals surface area (Å²) in [7, 11) is 0. The van der Waals surface area contributed by atoms with E-state index < -0.39 is 0 Å². The third-order valence-corrected chi connectivity index (χ3v) is 3.93. The van der Waals surface area contributed by atoms with E-state index in [2.05, 4.69) is 26.8 Å². The number of hydrogen-bond acceptors (Lipinski definition) is 3. The lowest BCUT2D eigenvalue weighted by molar-refractivity contribution is -0.122. The van der Waals surface area contributed by atoms with Crippen LogP contribution in [-0.2, 0) is 4.79 Å². The fourth-order valence-corrected chi connectivity index (χ4v) is 2.49. The molecule has 0 radical (unpaired) electrons. The van der Waals surface area contributed by atoms with E-state index in [1.165, 1.54) is 0 Å². The molecule has 0 bridgehead atoms. The molecule has 2 aromatic rings. The summed E-state index contributed by atoms with van der Waals surface area (Å²) in [5.41, 5.74) is 6.38. The van der Waals surface area contributed by atoms with Crippen LogP contribution in [0.4, 0.5) is 0 Å². The first kappa shape index (κ1) is 18.0. The van der Waals surface area contributed by atoms with Crippen LogP contribution in [0.3, 0.4) is 0 Å². The molecule has 0 saturated carbocycles. The van der Waals surface area contributed by atoms with Crippen molar-refractivity contribution in [3.63, 3.8) is 0 Å². The van der Waals surface area contributed by atoms with Crippen molar-refractivity contribution in [2.45, 2.75) is 19.8 Å². The Balaban J connectivity index is 1.66. The van der Waals surface area contributed by atoms with Gasteiger partial charge in [-0.05, 0) is 59.1 Å². The number of carbonyl (C=O) groups excluding carboxylic acids is 2. The molecule has 2 amide bonds. The number of amides is 2. The van der Waals surface area contributed by atoms with Crippen LogP contribution < -0.4 is 15.6 Å². The van der Waals surface area contributed by atoms with Gasteiger partial charge in [0.25, 0.3) is 5.91 Å². The van der Waals surface area contributed by atoms with Gasteiger partial charge in [0.05, 0.1) is 12.2 Å². The van der Waals surface area contributed by atoms with Gasteiger partial charge < -0.3 is 4.74 Å². The number of nitrogens with one attached hydrogen (secondary N) is 2. The van der Waals surface area contributed by atoms with Gasteiger partial charge in [0.1, 0.15) is 5.75 Å². The third-order valence-electron chi connectivity index (χ3n) is 3.24. The smallest absolute Gasteiger partial charge is 0.270 e. The second-order valence-corrected chi connectivity index (χ2v) is 6.11. The number of aryl methyl sites for hydroxylation is 1. The highest BCUT2D eigenvalue weighted by Gasteiger charge is 2.10. The Hall–Kier alpha value is -2.34. The van der Waals surface area contributed by atoms with Crippen molar-refractivity contribution in [2.75, 3.05) is 6.61 Å². The van der Waals surface area contributed by atoms with Crippen molar-refractivity contribution in [3.8, 4) is 5.75 Å². The van der Waals surface area contributed by atoms with Crippen LogP contribution >= 0.6 is 15.9 Å². The van der Waals surface area contributed by atoms with Crippen LogP contribution in [-0.4, -0.2) is 18.4 Å². The number of hydrazine groups is 1. The molecule has 2 N–H and O–H groups in total. The highest BCUT2D eigenvalue weighted by molar-refractivity contribution is 9.10. The molecule has 0 aliphatic heterocycles. The molecule has 0 aromatic heterocycles. The number of benzene rings is 2. The van der Waals surface area contributed by atoms with Crippen molar-refractivity contribution < 1.29 is 14.3 Å². The lowest BCUT2D eigenvalue weighted by Gasteiger charge is -2.09. The van der Waals surface area contributed by atoms with Crippen molar-refractivity contribution in [1.29, 1.82) is 0 Å². The lowest BCUT2D eigenvalue weighted by Crippen LogP contribution is -2.41. The molecule has 0 aliphatic carbocycles. The zero-order valence-corrected chi connectivity index (χ0v) is 14.9. The van der Waals surface area contributed by atoms with Gasteiger partial charge in [-0.25, -0.2) is 0 Å². The summed E-state index contributed by atoms with van der Waals surface area (Å²) in [6.45, 7) is 2.43. The molecular weight excluding hydrogens is 372 g/mol. The SMILES string of the molecule is Cc1cccc(OCCCC(=O)NNC(=O)c2ccccc2Br)c1. The van der Waals surface area contributed by atoms with Crippen molar-refractivity contribution in [2.24, 2.45) is 0 Å². The highest BCUT2D eigenvalue weighted by atomic mass is 79.9. The Morgan fingerprint density at radius 2 is 1.88 bits per heavy atom. The van der Waals surface area contributed by atoms with E-state index in [0.29, 0.717) is 23.1 Å². The van der Waals surface area contributed by atoms with Gasteiger partial charge in [0.2, 0.25) is 5.91 Å². The zero-order chi connectivity index (χ0) is 17.4. The Bertz CT molecular complexity index is 719. The monoisotopic (exact) mass is 390 g/mol. The van der Waals surface area contributed by atoms with E-state index in [0.717, 1.165) is 11.3 Å². The first-order valence-corrected chi connectivity index (χ1v) is 8.39. The maximum absolute atomic E-state index is 11.9. The van der Waals surface area contributed by atoms with E-state index >= 15 is 0 Å². The zero-order valence-electron chi connectivity index (χ0n) is 13.3. The molecule has 2 rings (SSSR count). The molecular formula is C18H19BrN2O3. The quantitative estimate of drug-likeness (QED) is 0.586. The predicted octanol–water partition coefficient (Wildman–Crippen LogP) is 3.38. The number of hydrogen-bond donors (Lipinski definition) is 2. The molecule has 0 fully saturated rings. The molecule has 0 spiro atoms. The van der Waals surface area contributed by atoms with E-state index in [1.807, 2.05) is 37.3 Å². The van der Waals surface area contributed by atoms with Crippen molar-refractivity contribution >= 4 is 27.7 Å². The average Bonchev–Trinajstić information content (AvgIpc) is 2.57. The second-order valence-electron chi connectivity index (χ2n) is 5.25. The van der Waals surface area contributed by atoms with Gasteiger partial charge in [-0.2, -0.15) is 0 Å². The molecule has 0 heterocycles. The van der Waals surface area contributed by atoms with E-state index in [1.54, 1.807) is 18.2 Å². The summed E-state index contributed by atoms with van der Waals surface area (Å²) < 4.78 is 6.24. The highest BCUT2D eigenvalue weighted by Crippen LogP contribution is 2.15. The summed E-state index contributed by atoms with van der Waals surface area (Å²) in [4.78, 5) is 23.7. The Labute approximate surface area is 149 Å². The van der Waals surface area contributed by atoms with Crippen LogP contribution in [0.5, 0.6) is 5.75 Å². The molecule has 126 valence electrons. The van der Waals surface area contributed by atoms with Crippen LogP contribution in [0.15, 0.2) is 53.0 Å². The van der Waals surface area contributed by atoms with E-state index in [-0.39, 0.29) is 18.2 Å². The Morgan fingerprint density at radius 1 is 1.08 bits per heavy atom. The number of carbonyl (C=O) groups is 2. The van der Waals surface area contributed by atoms with Gasteiger partial charge in [-0.15, -0.1) is 0 Å². The first-order chi connectivity index (χ1) is 11.6. The largest absolute Gasteiger partial charge is 0.494 e. The Morgan fingerprint density at radius 3 is 2.62 bits per heavy atom. The maximum atomic E-state index is 11.9. The molecule has 0 aliphatic rings. The number of rotatable bonds is 6. The van der Waals surface area contributed by atoms with E-state index in [4.69, 9.17) is 4.74 Å². The average molecular weight is 391 g/mol.